The highest BCUT2D eigenvalue weighted by molar-refractivity contribution is 7.88. The fourth-order valence-corrected chi connectivity index (χ4v) is 4.55. The fraction of sp³-hybridized carbons (Fsp3) is 0.429. The molecule has 2 aromatic carbocycles. The SMILES string of the molecule is COc1ccccc1N1CCN(CCNS(=O)(=O)Cc2ccc(C)cc2)CC1. The number of piperazine rings is 1. The summed E-state index contributed by atoms with van der Waals surface area (Å²) in [5.41, 5.74) is 3.05. The molecule has 0 amide bonds. The third-order valence-electron chi connectivity index (χ3n) is 5.03. The Bertz CT molecular complexity index is 861. The van der Waals surface area contributed by atoms with Gasteiger partial charge < -0.3 is 9.64 Å². The van der Waals surface area contributed by atoms with Crippen molar-refractivity contribution < 1.29 is 13.2 Å². The number of anilines is 1. The van der Waals surface area contributed by atoms with Gasteiger partial charge in [0.15, 0.2) is 0 Å². The van der Waals surface area contributed by atoms with Crippen LogP contribution < -0.4 is 14.4 Å². The van der Waals surface area contributed by atoms with E-state index in [9.17, 15) is 8.42 Å². The molecule has 1 aliphatic rings. The fourth-order valence-electron chi connectivity index (χ4n) is 3.42. The molecule has 0 aromatic heterocycles. The molecule has 1 saturated heterocycles. The molecule has 1 aliphatic heterocycles. The maximum Gasteiger partial charge on any atom is 0.215 e. The van der Waals surface area contributed by atoms with Crippen LogP contribution in [0.3, 0.4) is 0 Å². The molecule has 2 aromatic rings. The van der Waals surface area contributed by atoms with E-state index >= 15 is 0 Å². The first-order chi connectivity index (χ1) is 13.5. The number of rotatable bonds is 8. The molecule has 0 unspecified atom stereocenters. The van der Waals surface area contributed by atoms with E-state index in [1.54, 1.807) is 7.11 Å². The van der Waals surface area contributed by atoms with Gasteiger partial charge in [-0.2, -0.15) is 0 Å². The average molecular weight is 404 g/mol. The van der Waals surface area contributed by atoms with Crippen molar-refractivity contribution in [1.29, 1.82) is 0 Å². The number of sulfonamides is 1. The molecule has 0 spiro atoms. The molecule has 28 heavy (non-hydrogen) atoms. The molecule has 6 nitrogen and oxygen atoms in total. The van der Waals surface area contributed by atoms with E-state index in [2.05, 4.69) is 20.6 Å². The van der Waals surface area contributed by atoms with Crippen molar-refractivity contribution in [3.63, 3.8) is 0 Å². The smallest absolute Gasteiger partial charge is 0.215 e. The predicted octanol–water partition coefficient (Wildman–Crippen LogP) is 2.25. The summed E-state index contributed by atoms with van der Waals surface area (Å²) in [4.78, 5) is 4.61. The van der Waals surface area contributed by atoms with Gasteiger partial charge in [-0.3, -0.25) is 4.90 Å². The van der Waals surface area contributed by atoms with E-state index in [1.807, 2.05) is 49.4 Å². The number of hydrogen-bond donors (Lipinski definition) is 1. The number of aryl methyl sites for hydroxylation is 1. The molecule has 0 atom stereocenters. The Hall–Kier alpha value is -2.09. The number of para-hydroxylation sites is 2. The van der Waals surface area contributed by atoms with Gasteiger partial charge in [-0.05, 0) is 24.6 Å². The van der Waals surface area contributed by atoms with Crippen LogP contribution in [0, 0.1) is 6.92 Å². The summed E-state index contributed by atoms with van der Waals surface area (Å²) in [7, 11) is -1.62. The third kappa shape index (κ3) is 5.70. The Labute approximate surface area is 168 Å². The lowest BCUT2D eigenvalue weighted by Crippen LogP contribution is -2.48. The maximum atomic E-state index is 12.3. The van der Waals surface area contributed by atoms with E-state index in [1.165, 1.54) is 0 Å². The number of benzene rings is 2. The van der Waals surface area contributed by atoms with Gasteiger partial charge in [0.25, 0.3) is 0 Å². The highest BCUT2D eigenvalue weighted by Gasteiger charge is 2.20. The molecule has 7 heteroatoms. The largest absolute Gasteiger partial charge is 0.495 e. The second kappa shape index (κ2) is 9.41. The number of nitrogens with one attached hydrogen (secondary N) is 1. The lowest BCUT2D eigenvalue weighted by atomic mass is 10.2. The van der Waals surface area contributed by atoms with Crippen LogP contribution in [0.4, 0.5) is 5.69 Å². The van der Waals surface area contributed by atoms with E-state index in [4.69, 9.17) is 4.74 Å². The van der Waals surface area contributed by atoms with Crippen molar-refractivity contribution in [3.8, 4) is 5.75 Å². The summed E-state index contributed by atoms with van der Waals surface area (Å²) in [5, 5.41) is 0. The average Bonchev–Trinajstić information content (AvgIpc) is 2.70. The van der Waals surface area contributed by atoms with Crippen molar-refractivity contribution in [1.82, 2.24) is 9.62 Å². The first-order valence-electron chi connectivity index (χ1n) is 9.60. The molecule has 0 radical (unpaired) electrons. The summed E-state index contributed by atoms with van der Waals surface area (Å²) in [6.45, 7) is 6.74. The van der Waals surface area contributed by atoms with E-state index < -0.39 is 10.0 Å². The van der Waals surface area contributed by atoms with Gasteiger partial charge in [0, 0.05) is 39.3 Å². The monoisotopic (exact) mass is 403 g/mol. The van der Waals surface area contributed by atoms with Gasteiger partial charge >= 0.3 is 0 Å². The van der Waals surface area contributed by atoms with Crippen molar-refractivity contribution in [3.05, 3.63) is 59.7 Å². The molecule has 152 valence electrons. The summed E-state index contributed by atoms with van der Waals surface area (Å²) in [5.74, 6) is 0.911. The van der Waals surface area contributed by atoms with Crippen LogP contribution in [0.1, 0.15) is 11.1 Å². The molecule has 0 aliphatic carbocycles. The van der Waals surface area contributed by atoms with E-state index in [-0.39, 0.29) is 5.75 Å². The number of hydrogen-bond acceptors (Lipinski definition) is 5. The van der Waals surface area contributed by atoms with Crippen LogP contribution in [0.5, 0.6) is 5.75 Å². The highest BCUT2D eigenvalue weighted by atomic mass is 32.2. The van der Waals surface area contributed by atoms with Crippen LogP contribution in [0.15, 0.2) is 48.5 Å². The minimum Gasteiger partial charge on any atom is -0.495 e. The quantitative estimate of drug-likeness (QED) is 0.733. The molecule has 1 N–H and O–H groups in total. The third-order valence-corrected chi connectivity index (χ3v) is 6.38. The van der Waals surface area contributed by atoms with Crippen LogP contribution >= 0.6 is 0 Å². The first kappa shape index (κ1) is 20.6. The zero-order chi connectivity index (χ0) is 20.0. The lowest BCUT2D eigenvalue weighted by molar-refractivity contribution is 0.261. The Morgan fingerprint density at radius 3 is 2.36 bits per heavy atom. The Morgan fingerprint density at radius 2 is 1.68 bits per heavy atom. The van der Waals surface area contributed by atoms with Crippen LogP contribution in [0.25, 0.3) is 0 Å². The van der Waals surface area contributed by atoms with Crippen molar-refractivity contribution in [2.24, 2.45) is 0 Å². The second-order valence-electron chi connectivity index (χ2n) is 7.14. The van der Waals surface area contributed by atoms with Gasteiger partial charge in [-0.1, -0.05) is 42.0 Å². The summed E-state index contributed by atoms with van der Waals surface area (Å²) >= 11 is 0. The minimum atomic E-state index is -3.31. The van der Waals surface area contributed by atoms with Crippen LogP contribution in [0.2, 0.25) is 0 Å². The summed E-state index contributed by atoms with van der Waals surface area (Å²) < 4.78 is 32.7. The molecule has 3 rings (SSSR count). The zero-order valence-electron chi connectivity index (χ0n) is 16.6. The summed E-state index contributed by atoms with van der Waals surface area (Å²) in [6, 6.07) is 15.7. The molecular weight excluding hydrogens is 374 g/mol. The van der Waals surface area contributed by atoms with Gasteiger partial charge in [-0.25, -0.2) is 13.1 Å². The van der Waals surface area contributed by atoms with Gasteiger partial charge in [0.05, 0.1) is 18.6 Å². The number of methoxy groups -OCH3 is 1. The predicted molar refractivity (Wildman–Crippen MR) is 113 cm³/mol. The second-order valence-corrected chi connectivity index (χ2v) is 8.95. The van der Waals surface area contributed by atoms with Gasteiger partial charge in [-0.15, -0.1) is 0 Å². The van der Waals surface area contributed by atoms with E-state index in [0.717, 1.165) is 48.7 Å². The van der Waals surface area contributed by atoms with Crippen molar-refractivity contribution in [2.75, 3.05) is 51.3 Å². The topological polar surface area (TPSA) is 61.9 Å². The Kier molecular flexibility index (Phi) is 6.93. The lowest BCUT2D eigenvalue weighted by Gasteiger charge is -2.36. The van der Waals surface area contributed by atoms with Crippen LogP contribution in [-0.4, -0.2) is 59.7 Å². The molecule has 0 bridgehead atoms. The maximum absolute atomic E-state index is 12.3. The van der Waals surface area contributed by atoms with Gasteiger partial charge in [0.2, 0.25) is 10.0 Å². The number of ether oxygens (including phenoxy) is 1. The molecule has 0 saturated carbocycles. The zero-order valence-corrected chi connectivity index (χ0v) is 17.4. The van der Waals surface area contributed by atoms with Crippen molar-refractivity contribution >= 4 is 15.7 Å². The normalized spacial score (nSPS) is 15.6. The van der Waals surface area contributed by atoms with Crippen LogP contribution in [-0.2, 0) is 15.8 Å². The Morgan fingerprint density at radius 1 is 1.00 bits per heavy atom. The standard InChI is InChI=1S/C21H29N3O3S/c1-18-7-9-19(10-8-18)17-28(25,26)22-11-12-23-13-15-24(16-14-23)20-5-3-4-6-21(20)27-2/h3-10,22H,11-17H2,1-2H3. The molecule has 1 fully saturated rings. The van der Waals surface area contributed by atoms with E-state index in [0.29, 0.717) is 13.1 Å². The first-order valence-corrected chi connectivity index (χ1v) is 11.3. The molecular formula is C21H29N3O3S. The highest BCUT2D eigenvalue weighted by Crippen LogP contribution is 2.28. The molecule has 1 heterocycles. The minimum absolute atomic E-state index is 0.0227. The number of nitrogens with zero attached hydrogens (tertiary/aromatic N) is 2. The Balaban J connectivity index is 1.43. The van der Waals surface area contributed by atoms with Crippen molar-refractivity contribution in [2.45, 2.75) is 12.7 Å². The summed E-state index contributed by atoms with van der Waals surface area (Å²) in [6.07, 6.45) is 0. The van der Waals surface area contributed by atoms with Gasteiger partial charge in [0.1, 0.15) is 5.75 Å².